The summed E-state index contributed by atoms with van der Waals surface area (Å²) in [7, 11) is -3.45. The molecule has 2 N–H and O–H groups in total. The van der Waals surface area contributed by atoms with E-state index < -0.39 is 9.84 Å². The molecular weight excluding hydrogens is 260 g/mol. The lowest BCUT2D eigenvalue weighted by Crippen LogP contribution is -2.05. The number of fused-ring (bicyclic) bond motifs is 1. The Balaban J connectivity index is 1.93. The molecule has 1 aliphatic heterocycles. The summed E-state index contributed by atoms with van der Waals surface area (Å²) in [6.07, 6.45) is 0. The van der Waals surface area contributed by atoms with E-state index in [0.29, 0.717) is 5.82 Å². The highest BCUT2D eigenvalue weighted by atomic mass is 32.2. The van der Waals surface area contributed by atoms with Gasteiger partial charge < -0.3 is 10.6 Å². The fourth-order valence-corrected chi connectivity index (χ4v) is 3.02. The summed E-state index contributed by atoms with van der Waals surface area (Å²) in [5.41, 5.74) is 1.74. The first kappa shape index (κ1) is 11.8. The fourth-order valence-electron chi connectivity index (χ4n) is 1.91. The third-order valence-electron chi connectivity index (χ3n) is 2.81. The van der Waals surface area contributed by atoms with E-state index in [4.69, 9.17) is 0 Å². The topological polar surface area (TPSA) is 58.2 Å². The minimum atomic E-state index is -3.45. The molecule has 4 nitrogen and oxygen atoms in total. The molecule has 2 aromatic rings. The lowest BCUT2D eigenvalue weighted by molar-refractivity contribution is 0.604. The van der Waals surface area contributed by atoms with Crippen LogP contribution in [0.5, 0.6) is 0 Å². The molecule has 2 aromatic carbocycles. The maximum Gasteiger partial charge on any atom is 0.203 e. The third kappa shape index (κ3) is 2.32. The van der Waals surface area contributed by atoms with Crippen LogP contribution in [0.15, 0.2) is 70.7 Å². The minimum absolute atomic E-state index is 0.280. The molecule has 19 heavy (non-hydrogen) atoms. The monoisotopic (exact) mass is 272 g/mol. The first-order valence-electron chi connectivity index (χ1n) is 5.80. The van der Waals surface area contributed by atoms with Crippen molar-refractivity contribution in [1.29, 1.82) is 0 Å². The zero-order valence-electron chi connectivity index (χ0n) is 10.00. The van der Waals surface area contributed by atoms with Crippen molar-refractivity contribution in [2.75, 3.05) is 10.6 Å². The third-order valence-corrected chi connectivity index (χ3v) is 4.29. The highest BCUT2D eigenvalue weighted by Crippen LogP contribution is 2.30. The average Bonchev–Trinajstić information content (AvgIpc) is 2.81. The van der Waals surface area contributed by atoms with Crippen molar-refractivity contribution < 1.29 is 8.42 Å². The van der Waals surface area contributed by atoms with Crippen LogP contribution in [0, 0.1) is 0 Å². The Morgan fingerprint density at radius 3 is 1.89 bits per heavy atom. The number of sulfone groups is 1. The Kier molecular flexibility index (Phi) is 2.76. The van der Waals surface area contributed by atoms with Crippen molar-refractivity contribution in [1.82, 2.24) is 0 Å². The van der Waals surface area contributed by atoms with Gasteiger partial charge in [-0.3, -0.25) is 0 Å². The number of benzene rings is 2. The van der Waals surface area contributed by atoms with E-state index in [9.17, 15) is 8.42 Å². The maximum atomic E-state index is 12.2. The van der Waals surface area contributed by atoms with Gasteiger partial charge in [-0.15, -0.1) is 0 Å². The quantitative estimate of drug-likeness (QED) is 0.882. The van der Waals surface area contributed by atoms with E-state index in [1.165, 1.54) is 5.41 Å². The van der Waals surface area contributed by atoms with Gasteiger partial charge in [0.25, 0.3) is 0 Å². The summed E-state index contributed by atoms with van der Waals surface area (Å²) in [5.74, 6) is 0.463. The second-order valence-electron chi connectivity index (χ2n) is 4.19. The fraction of sp³-hybridized carbons (Fsp3) is 0. The molecule has 0 saturated carbocycles. The lowest BCUT2D eigenvalue weighted by Gasteiger charge is -2.02. The van der Waals surface area contributed by atoms with Gasteiger partial charge in [0.05, 0.1) is 21.7 Å². The molecule has 0 unspecified atom stereocenters. The van der Waals surface area contributed by atoms with Gasteiger partial charge in [-0.1, -0.05) is 30.3 Å². The smallest absolute Gasteiger partial charge is 0.203 e. The number of hydrogen-bond donors (Lipinski definition) is 2. The molecule has 0 aliphatic carbocycles. The average molecular weight is 272 g/mol. The van der Waals surface area contributed by atoms with E-state index in [-0.39, 0.29) is 4.90 Å². The van der Waals surface area contributed by atoms with Crippen LogP contribution in [0.2, 0.25) is 0 Å². The number of anilines is 2. The summed E-state index contributed by atoms with van der Waals surface area (Å²) >= 11 is 0. The van der Waals surface area contributed by atoms with Gasteiger partial charge in [-0.2, -0.15) is 0 Å². The highest BCUT2D eigenvalue weighted by molar-refractivity contribution is 7.94. The summed E-state index contributed by atoms with van der Waals surface area (Å²) in [4.78, 5) is 0.280. The summed E-state index contributed by atoms with van der Waals surface area (Å²) < 4.78 is 24.4. The van der Waals surface area contributed by atoms with Crippen molar-refractivity contribution >= 4 is 21.2 Å². The predicted octanol–water partition coefficient (Wildman–Crippen LogP) is 2.80. The molecule has 0 radical (unpaired) electrons. The molecular formula is C14H12N2O2S. The first-order valence-corrected chi connectivity index (χ1v) is 7.35. The van der Waals surface area contributed by atoms with Gasteiger partial charge in [-0.25, -0.2) is 8.42 Å². The van der Waals surface area contributed by atoms with Gasteiger partial charge in [-0.05, 0) is 24.3 Å². The van der Waals surface area contributed by atoms with E-state index in [1.807, 2.05) is 24.3 Å². The molecule has 0 atom stereocenters. The number of hydrogen-bond acceptors (Lipinski definition) is 4. The standard InChI is InChI=1S/C14H12N2O2S/c17-19(18,11-6-2-1-3-7-11)10-14-15-12-8-4-5-9-13(12)16-14/h1-10,15-16H. The van der Waals surface area contributed by atoms with Gasteiger partial charge in [0.15, 0.2) is 0 Å². The zero-order valence-corrected chi connectivity index (χ0v) is 10.8. The van der Waals surface area contributed by atoms with E-state index in [2.05, 4.69) is 10.6 Å². The number of nitrogens with one attached hydrogen (secondary N) is 2. The molecule has 1 aliphatic rings. The minimum Gasteiger partial charge on any atom is -0.340 e. The van der Waals surface area contributed by atoms with Crippen LogP contribution in [0.25, 0.3) is 0 Å². The van der Waals surface area contributed by atoms with E-state index in [1.54, 1.807) is 30.3 Å². The maximum absolute atomic E-state index is 12.2. The van der Waals surface area contributed by atoms with E-state index >= 15 is 0 Å². The van der Waals surface area contributed by atoms with Crippen LogP contribution in [-0.4, -0.2) is 8.42 Å². The Hall–Kier alpha value is -2.27. The molecule has 0 amide bonds. The van der Waals surface area contributed by atoms with E-state index in [0.717, 1.165) is 11.4 Å². The summed E-state index contributed by atoms with van der Waals surface area (Å²) in [5, 5.41) is 7.27. The Bertz CT molecular complexity index is 710. The highest BCUT2D eigenvalue weighted by Gasteiger charge is 2.17. The largest absolute Gasteiger partial charge is 0.340 e. The van der Waals surface area contributed by atoms with Crippen LogP contribution in [-0.2, 0) is 9.84 Å². The van der Waals surface area contributed by atoms with Gasteiger partial charge in [0.2, 0.25) is 9.84 Å². The molecule has 0 saturated heterocycles. The van der Waals surface area contributed by atoms with Crippen molar-refractivity contribution in [3.05, 3.63) is 65.8 Å². The van der Waals surface area contributed by atoms with Crippen molar-refractivity contribution in [2.45, 2.75) is 4.90 Å². The zero-order chi connectivity index (χ0) is 13.3. The Morgan fingerprint density at radius 2 is 1.32 bits per heavy atom. The molecule has 0 aromatic heterocycles. The molecule has 5 heteroatoms. The van der Waals surface area contributed by atoms with Crippen molar-refractivity contribution in [3.63, 3.8) is 0 Å². The van der Waals surface area contributed by atoms with Crippen LogP contribution < -0.4 is 10.6 Å². The van der Waals surface area contributed by atoms with Gasteiger partial charge >= 0.3 is 0 Å². The van der Waals surface area contributed by atoms with Crippen molar-refractivity contribution in [2.24, 2.45) is 0 Å². The lowest BCUT2D eigenvalue weighted by atomic mass is 10.3. The van der Waals surface area contributed by atoms with Crippen LogP contribution in [0.4, 0.5) is 11.4 Å². The van der Waals surface area contributed by atoms with Crippen LogP contribution in [0.1, 0.15) is 0 Å². The molecule has 3 rings (SSSR count). The summed E-state index contributed by atoms with van der Waals surface area (Å²) in [6.45, 7) is 0. The normalized spacial score (nSPS) is 13.4. The second kappa shape index (κ2) is 4.44. The van der Waals surface area contributed by atoms with Crippen LogP contribution >= 0.6 is 0 Å². The SMILES string of the molecule is O=S(=O)(C=C1Nc2ccccc2N1)c1ccccc1. The Labute approximate surface area is 111 Å². The molecule has 1 heterocycles. The summed E-state index contributed by atoms with van der Waals surface area (Å²) in [6, 6.07) is 15.9. The number of para-hydroxylation sites is 2. The van der Waals surface area contributed by atoms with Gasteiger partial charge in [0.1, 0.15) is 5.82 Å². The molecule has 0 spiro atoms. The first-order chi connectivity index (χ1) is 9.15. The molecule has 96 valence electrons. The van der Waals surface area contributed by atoms with Crippen molar-refractivity contribution in [3.8, 4) is 0 Å². The second-order valence-corrected chi connectivity index (χ2v) is 5.98. The van der Waals surface area contributed by atoms with Gasteiger partial charge in [0, 0.05) is 0 Å². The molecule has 0 bridgehead atoms. The predicted molar refractivity (Wildman–Crippen MR) is 75.4 cm³/mol. The van der Waals surface area contributed by atoms with Crippen LogP contribution in [0.3, 0.4) is 0 Å². The number of rotatable bonds is 2. The molecule has 0 fully saturated rings. The Morgan fingerprint density at radius 1 is 0.789 bits per heavy atom.